The van der Waals surface area contributed by atoms with Crippen LogP contribution >= 0.6 is 39.5 Å². The molecule has 0 spiro atoms. The lowest BCUT2D eigenvalue weighted by atomic mass is 10.1. The number of hydrogen-bond donors (Lipinski definition) is 1. The van der Waals surface area contributed by atoms with Gasteiger partial charge in [-0.3, -0.25) is 4.57 Å². The molecule has 0 bridgehead atoms. The molecule has 1 N–H and O–H groups in total. The van der Waals surface area contributed by atoms with E-state index in [1.54, 1.807) is 13.8 Å². The van der Waals surface area contributed by atoms with E-state index in [0.29, 0.717) is 16.5 Å². The maximum absolute atomic E-state index is 14.3. The van der Waals surface area contributed by atoms with Crippen molar-refractivity contribution < 1.29 is 22.8 Å². The summed E-state index contributed by atoms with van der Waals surface area (Å²) in [5, 5.41) is 0. The van der Waals surface area contributed by atoms with Gasteiger partial charge >= 0.3 is 13.3 Å². The maximum Gasteiger partial charge on any atom is 0.402 e. The van der Waals surface area contributed by atoms with Crippen LogP contribution in [0.15, 0.2) is 21.1 Å². The molecule has 0 heterocycles. The van der Waals surface area contributed by atoms with E-state index in [4.69, 9.17) is 0 Å². The summed E-state index contributed by atoms with van der Waals surface area (Å²) in [5.41, 5.74) is -4.03. The first-order chi connectivity index (χ1) is 9.04. The van der Waals surface area contributed by atoms with Gasteiger partial charge < -0.3 is 9.42 Å². The van der Waals surface area contributed by atoms with Gasteiger partial charge in [0.1, 0.15) is 0 Å². The van der Waals surface area contributed by atoms with E-state index in [0.717, 1.165) is 6.07 Å². The summed E-state index contributed by atoms with van der Waals surface area (Å²) in [6.45, 7) is 4.77. The van der Waals surface area contributed by atoms with E-state index < -0.39 is 24.9 Å². The quantitative estimate of drug-likeness (QED) is 0.615. The van der Waals surface area contributed by atoms with Crippen LogP contribution in [0.1, 0.15) is 31.4 Å². The molecule has 2 atom stereocenters. The Morgan fingerprint density at radius 3 is 2.50 bits per heavy atom. The zero-order valence-corrected chi connectivity index (χ0v) is 15.2. The molecular weight excluding hydrogens is 421 g/mol. The monoisotopic (exact) mass is 434 g/mol. The van der Waals surface area contributed by atoms with Crippen LogP contribution < -0.4 is 0 Å². The number of rotatable bonds is 5. The predicted octanol–water partition coefficient (Wildman–Crippen LogP) is 5.57. The average Bonchev–Trinajstić information content (AvgIpc) is 2.34. The van der Waals surface area contributed by atoms with E-state index in [-0.39, 0.29) is 4.47 Å². The smallest absolute Gasteiger partial charge is 0.320 e. The Morgan fingerprint density at radius 1 is 1.45 bits per heavy atom. The fourth-order valence-corrected chi connectivity index (χ4v) is 4.04. The van der Waals surface area contributed by atoms with Crippen LogP contribution in [-0.4, -0.2) is 11.0 Å². The van der Waals surface area contributed by atoms with Gasteiger partial charge in [0, 0.05) is 14.5 Å². The average molecular weight is 436 g/mol. The Kier molecular flexibility index (Phi) is 5.95. The number of halogens is 4. The van der Waals surface area contributed by atoms with Crippen LogP contribution in [0.3, 0.4) is 0 Å². The molecule has 1 rings (SSSR count). The maximum atomic E-state index is 14.3. The van der Waals surface area contributed by atoms with Crippen LogP contribution in [-0.2, 0) is 14.8 Å². The Hall–Kier alpha value is 0.190. The number of benzene rings is 1. The van der Waals surface area contributed by atoms with Crippen molar-refractivity contribution in [2.75, 3.05) is 0 Å². The third-order valence-electron chi connectivity index (χ3n) is 2.90. The van der Waals surface area contributed by atoms with Gasteiger partial charge in [0.2, 0.25) is 0 Å². The summed E-state index contributed by atoms with van der Waals surface area (Å²) in [7, 11) is -5.13. The van der Waals surface area contributed by atoms with Crippen molar-refractivity contribution in [1.82, 2.24) is 0 Å². The molecule has 3 nitrogen and oxygen atoms in total. The minimum Gasteiger partial charge on any atom is -0.320 e. The van der Waals surface area contributed by atoms with Crippen LogP contribution in [0.25, 0.3) is 0 Å². The molecule has 1 aromatic carbocycles. The predicted molar refractivity (Wildman–Crippen MR) is 81.1 cm³/mol. The number of hydrogen-bond acceptors (Lipinski definition) is 2. The Balaban J connectivity index is 3.29. The highest BCUT2D eigenvalue weighted by Gasteiger charge is 2.54. The largest absolute Gasteiger partial charge is 0.402 e. The second-order valence-electron chi connectivity index (χ2n) is 4.42. The summed E-state index contributed by atoms with van der Waals surface area (Å²) in [6, 6.07) is 2.51. The van der Waals surface area contributed by atoms with E-state index in [1.807, 2.05) is 0 Å². The fraction of sp³-hybridized carbons (Fsp3) is 0.500. The third kappa shape index (κ3) is 3.50. The Labute approximate surface area is 133 Å². The first-order valence-corrected chi connectivity index (χ1v) is 9.05. The SMILES string of the molecule is CCC(C)OP(=O)(O)C(F)(F)c1ccc(Br)c(C)c1Br. The molecule has 0 aliphatic carbocycles. The molecule has 8 heteroatoms. The molecule has 2 unspecified atom stereocenters. The van der Waals surface area contributed by atoms with Gasteiger partial charge in [0.15, 0.2) is 0 Å². The summed E-state index contributed by atoms with van der Waals surface area (Å²) in [5.74, 6) is 0. The zero-order chi connectivity index (χ0) is 15.7. The molecule has 20 heavy (non-hydrogen) atoms. The van der Waals surface area contributed by atoms with Crippen molar-refractivity contribution in [2.24, 2.45) is 0 Å². The van der Waals surface area contributed by atoms with E-state index in [2.05, 4.69) is 36.4 Å². The molecule has 0 saturated heterocycles. The highest BCUT2D eigenvalue weighted by atomic mass is 79.9. The summed E-state index contributed by atoms with van der Waals surface area (Å²) in [6.07, 6.45) is -0.367. The third-order valence-corrected chi connectivity index (χ3v) is 6.37. The van der Waals surface area contributed by atoms with Gasteiger partial charge in [-0.15, -0.1) is 0 Å². The van der Waals surface area contributed by atoms with E-state index >= 15 is 0 Å². The normalized spacial score (nSPS) is 16.8. The second kappa shape index (κ2) is 6.53. The molecule has 0 saturated carbocycles. The first-order valence-electron chi connectivity index (χ1n) is 5.88. The van der Waals surface area contributed by atoms with Gasteiger partial charge in [0.05, 0.1) is 6.10 Å². The topological polar surface area (TPSA) is 46.5 Å². The molecule has 1 aromatic rings. The fourth-order valence-electron chi connectivity index (χ4n) is 1.43. The van der Waals surface area contributed by atoms with Crippen LogP contribution in [0.4, 0.5) is 8.78 Å². The molecular formula is C12H15Br2F2O3P. The number of alkyl halides is 2. The van der Waals surface area contributed by atoms with Crippen molar-refractivity contribution >= 4 is 39.5 Å². The zero-order valence-electron chi connectivity index (χ0n) is 11.2. The molecule has 0 fully saturated rings. The van der Waals surface area contributed by atoms with Crippen LogP contribution in [0.2, 0.25) is 0 Å². The highest BCUT2D eigenvalue weighted by molar-refractivity contribution is 9.11. The van der Waals surface area contributed by atoms with Gasteiger partial charge in [-0.1, -0.05) is 28.9 Å². The van der Waals surface area contributed by atoms with Crippen molar-refractivity contribution in [1.29, 1.82) is 0 Å². The van der Waals surface area contributed by atoms with Gasteiger partial charge in [0.25, 0.3) is 0 Å². The lowest BCUT2D eigenvalue weighted by molar-refractivity contribution is 0.0340. The van der Waals surface area contributed by atoms with Crippen molar-refractivity contribution in [2.45, 2.75) is 39.0 Å². The Morgan fingerprint density at radius 2 is 2.00 bits per heavy atom. The van der Waals surface area contributed by atoms with Gasteiger partial charge in [-0.05, 0) is 47.8 Å². The van der Waals surface area contributed by atoms with Gasteiger partial charge in [-0.2, -0.15) is 8.78 Å². The summed E-state index contributed by atoms with van der Waals surface area (Å²) >= 11 is 6.26. The molecule has 0 aliphatic rings. The van der Waals surface area contributed by atoms with E-state index in [1.165, 1.54) is 13.0 Å². The standard InChI is InChI=1S/C12H15Br2F2O3P/c1-4-7(2)19-20(17,18)12(15,16)9-5-6-10(13)8(3)11(9)14/h5-7H,4H2,1-3H3,(H,17,18). The highest BCUT2D eigenvalue weighted by Crippen LogP contribution is 2.65. The second-order valence-corrected chi connectivity index (χ2v) is 7.88. The lowest BCUT2D eigenvalue weighted by Gasteiger charge is -2.26. The summed E-state index contributed by atoms with van der Waals surface area (Å²) in [4.78, 5) is 9.63. The summed E-state index contributed by atoms with van der Waals surface area (Å²) < 4.78 is 45.9. The van der Waals surface area contributed by atoms with Gasteiger partial charge in [-0.25, -0.2) is 0 Å². The first kappa shape index (κ1) is 18.2. The van der Waals surface area contributed by atoms with Crippen molar-refractivity contribution in [3.05, 3.63) is 32.2 Å². The van der Waals surface area contributed by atoms with Crippen LogP contribution in [0.5, 0.6) is 0 Å². The minimum atomic E-state index is -5.13. The molecule has 0 aliphatic heterocycles. The van der Waals surface area contributed by atoms with E-state index in [9.17, 15) is 18.2 Å². The van der Waals surface area contributed by atoms with Crippen molar-refractivity contribution in [3.63, 3.8) is 0 Å². The Bertz CT molecular complexity index is 552. The lowest BCUT2D eigenvalue weighted by Crippen LogP contribution is -2.20. The van der Waals surface area contributed by atoms with Crippen molar-refractivity contribution in [3.8, 4) is 0 Å². The van der Waals surface area contributed by atoms with Crippen LogP contribution in [0, 0.1) is 6.92 Å². The molecule has 0 aromatic heterocycles. The molecule has 114 valence electrons. The molecule has 0 amide bonds. The molecule has 0 radical (unpaired) electrons. The minimum absolute atomic E-state index is 0.0823.